The van der Waals surface area contributed by atoms with Gasteiger partial charge in [-0.3, -0.25) is 0 Å². The van der Waals surface area contributed by atoms with Crippen molar-refractivity contribution < 1.29 is 4.52 Å². The third-order valence-electron chi connectivity index (χ3n) is 1.30. The lowest BCUT2D eigenvalue weighted by molar-refractivity contribution is 0.439. The van der Waals surface area contributed by atoms with Crippen LogP contribution in [0, 0.1) is 0 Å². The van der Waals surface area contributed by atoms with E-state index in [1.165, 1.54) is 0 Å². The van der Waals surface area contributed by atoms with Gasteiger partial charge >= 0.3 is 0 Å². The van der Waals surface area contributed by atoms with Gasteiger partial charge in [0.1, 0.15) is 5.69 Å². The second-order valence-corrected chi connectivity index (χ2v) is 3.04. The van der Waals surface area contributed by atoms with Crippen LogP contribution < -0.4 is 5.73 Å². The van der Waals surface area contributed by atoms with E-state index in [2.05, 4.69) is 5.16 Å². The second-order valence-electron chi connectivity index (χ2n) is 2.09. The van der Waals surface area contributed by atoms with Crippen LogP contribution in [0.25, 0.3) is 10.6 Å². The summed E-state index contributed by atoms with van der Waals surface area (Å²) in [6.45, 7) is 0. The van der Waals surface area contributed by atoms with E-state index in [1.807, 2.05) is 17.5 Å². The minimum absolute atomic E-state index is 0.355. The molecule has 2 heterocycles. The van der Waals surface area contributed by atoms with Crippen molar-refractivity contribution >= 4 is 17.2 Å². The first kappa shape index (κ1) is 6.42. The van der Waals surface area contributed by atoms with Gasteiger partial charge in [0, 0.05) is 6.07 Å². The van der Waals surface area contributed by atoms with E-state index in [1.54, 1.807) is 17.4 Å². The second kappa shape index (κ2) is 2.39. The fourth-order valence-corrected chi connectivity index (χ4v) is 1.51. The van der Waals surface area contributed by atoms with Crippen molar-refractivity contribution in [2.75, 3.05) is 5.73 Å². The van der Waals surface area contributed by atoms with Gasteiger partial charge in [0.15, 0.2) is 0 Å². The van der Waals surface area contributed by atoms with Gasteiger partial charge in [-0.25, -0.2) is 0 Å². The van der Waals surface area contributed by atoms with Gasteiger partial charge in [0.05, 0.1) is 4.88 Å². The molecule has 0 fully saturated rings. The Hall–Kier alpha value is -1.29. The van der Waals surface area contributed by atoms with E-state index in [4.69, 9.17) is 10.3 Å². The summed E-state index contributed by atoms with van der Waals surface area (Å²) in [6.07, 6.45) is 0. The van der Waals surface area contributed by atoms with Gasteiger partial charge < -0.3 is 10.3 Å². The zero-order valence-corrected chi connectivity index (χ0v) is 6.47. The zero-order chi connectivity index (χ0) is 7.68. The van der Waals surface area contributed by atoms with Crippen molar-refractivity contribution in [2.24, 2.45) is 0 Å². The minimum atomic E-state index is 0.355. The Morgan fingerprint density at radius 1 is 1.55 bits per heavy atom. The third kappa shape index (κ3) is 1.12. The Balaban J connectivity index is 2.45. The number of nitrogens with zero attached hydrogens (tertiary/aromatic N) is 1. The summed E-state index contributed by atoms with van der Waals surface area (Å²) in [7, 11) is 0. The van der Waals surface area contributed by atoms with Gasteiger partial charge in [0.25, 0.3) is 0 Å². The average Bonchev–Trinajstić information content (AvgIpc) is 2.55. The number of nitrogens with two attached hydrogens (primary N) is 1. The molecule has 0 aliphatic rings. The average molecular weight is 166 g/mol. The van der Waals surface area contributed by atoms with Crippen LogP contribution >= 0.6 is 11.3 Å². The molecule has 0 atom stereocenters. The third-order valence-corrected chi connectivity index (χ3v) is 2.19. The highest BCUT2D eigenvalue weighted by atomic mass is 32.1. The largest absolute Gasteiger partial charge is 0.368 e. The number of aromatic nitrogens is 1. The highest BCUT2D eigenvalue weighted by molar-refractivity contribution is 7.13. The van der Waals surface area contributed by atoms with Gasteiger partial charge in [-0.1, -0.05) is 11.2 Å². The summed E-state index contributed by atoms with van der Waals surface area (Å²) in [5.41, 5.74) is 6.16. The first-order valence-corrected chi connectivity index (χ1v) is 4.00. The van der Waals surface area contributed by atoms with Crippen LogP contribution in [0.5, 0.6) is 0 Å². The van der Waals surface area contributed by atoms with E-state index < -0.39 is 0 Å². The number of nitrogen functional groups attached to an aromatic ring is 1. The van der Waals surface area contributed by atoms with E-state index in [-0.39, 0.29) is 0 Å². The molecule has 56 valence electrons. The fourth-order valence-electron chi connectivity index (χ4n) is 0.830. The summed E-state index contributed by atoms with van der Waals surface area (Å²) >= 11 is 1.61. The molecule has 3 nitrogen and oxygen atoms in total. The fraction of sp³-hybridized carbons (Fsp3) is 0. The molecule has 0 unspecified atom stereocenters. The molecule has 0 aromatic carbocycles. The normalized spacial score (nSPS) is 10.2. The Bertz CT molecular complexity index is 339. The summed E-state index contributed by atoms with van der Waals surface area (Å²) < 4.78 is 4.72. The molecule has 0 radical (unpaired) electrons. The molecule has 2 N–H and O–H groups in total. The predicted molar refractivity (Wildman–Crippen MR) is 44.2 cm³/mol. The summed E-state index contributed by atoms with van der Waals surface area (Å²) in [5, 5.41) is 5.75. The predicted octanol–water partition coefficient (Wildman–Crippen LogP) is 1.99. The Kier molecular flexibility index (Phi) is 1.40. The van der Waals surface area contributed by atoms with Crippen LogP contribution in [0.4, 0.5) is 5.88 Å². The minimum Gasteiger partial charge on any atom is -0.368 e. The van der Waals surface area contributed by atoms with E-state index in [0.29, 0.717) is 5.88 Å². The van der Waals surface area contributed by atoms with Gasteiger partial charge in [-0.05, 0) is 11.4 Å². The molecule has 0 amide bonds. The zero-order valence-electron chi connectivity index (χ0n) is 5.65. The molecule has 0 spiro atoms. The number of anilines is 1. The molecule has 0 aliphatic carbocycles. The van der Waals surface area contributed by atoms with Crippen LogP contribution in [-0.2, 0) is 0 Å². The molecular weight excluding hydrogens is 160 g/mol. The quantitative estimate of drug-likeness (QED) is 0.704. The van der Waals surface area contributed by atoms with Crippen molar-refractivity contribution in [2.45, 2.75) is 0 Å². The highest BCUT2D eigenvalue weighted by Crippen LogP contribution is 2.24. The Labute approximate surface area is 67.4 Å². The van der Waals surface area contributed by atoms with Crippen molar-refractivity contribution in [1.82, 2.24) is 5.16 Å². The highest BCUT2D eigenvalue weighted by Gasteiger charge is 2.03. The number of hydrogen-bond donors (Lipinski definition) is 1. The maximum atomic E-state index is 5.36. The summed E-state index contributed by atoms with van der Waals surface area (Å²) in [5.74, 6) is 0.355. The number of rotatable bonds is 1. The summed E-state index contributed by atoms with van der Waals surface area (Å²) in [6, 6.07) is 5.65. The van der Waals surface area contributed by atoms with Gasteiger partial charge in [-0.2, -0.15) is 0 Å². The topological polar surface area (TPSA) is 52.0 Å². The molecule has 4 heteroatoms. The molecule has 0 saturated heterocycles. The smallest absolute Gasteiger partial charge is 0.222 e. The molecule has 0 saturated carbocycles. The molecule has 0 bridgehead atoms. The van der Waals surface area contributed by atoms with Crippen molar-refractivity contribution in [3.05, 3.63) is 23.6 Å². The van der Waals surface area contributed by atoms with E-state index in [9.17, 15) is 0 Å². The molecule has 11 heavy (non-hydrogen) atoms. The monoisotopic (exact) mass is 166 g/mol. The van der Waals surface area contributed by atoms with Gasteiger partial charge in [0.2, 0.25) is 5.88 Å². The lowest BCUT2D eigenvalue weighted by Gasteiger charge is -1.81. The molecule has 0 aliphatic heterocycles. The van der Waals surface area contributed by atoms with Crippen LogP contribution in [0.3, 0.4) is 0 Å². The Morgan fingerprint density at radius 2 is 2.45 bits per heavy atom. The van der Waals surface area contributed by atoms with Crippen molar-refractivity contribution in [1.29, 1.82) is 0 Å². The van der Waals surface area contributed by atoms with Crippen molar-refractivity contribution in [3.63, 3.8) is 0 Å². The van der Waals surface area contributed by atoms with Crippen molar-refractivity contribution in [3.8, 4) is 10.6 Å². The summed E-state index contributed by atoms with van der Waals surface area (Å²) in [4.78, 5) is 1.07. The van der Waals surface area contributed by atoms with Crippen LogP contribution in [0.2, 0.25) is 0 Å². The SMILES string of the molecule is Nc1cc(-c2cccs2)no1. The van der Waals surface area contributed by atoms with Crippen LogP contribution in [-0.4, -0.2) is 5.16 Å². The molecular formula is C7H6N2OS. The van der Waals surface area contributed by atoms with Crippen LogP contribution in [0.1, 0.15) is 0 Å². The number of hydrogen-bond acceptors (Lipinski definition) is 4. The first-order chi connectivity index (χ1) is 5.36. The maximum absolute atomic E-state index is 5.36. The maximum Gasteiger partial charge on any atom is 0.222 e. The molecule has 2 rings (SSSR count). The lowest BCUT2D eigenvalue weighted by Crippen LogP contribution is -1.75. The Morgan fingerprint density at radius 3 is 3.00 bits per heavy atom. The number of thiophene rings is 1. The van der Waals surface area contributed by atoms with E-state index >= 15 is 0 Å². The standard InChI is InChI=1S/C7H6N2OS/c8-7-4-5(9-10-7)6-2-1-3-11-6/h1-4H,8H2. The molecule has 2 aromatic rings. The molecule has 2 aromatic heterocycles. The lowest BCUT2D eigenvalue weighted by atomic mass is 10.3. The first-order valence-electron chi connectivity index (χ1n) is 3.12. The van der Waals surface area contributed by atoms with Gasteiger partial charge in [-0.15, -0.1) is 11.3 Å². The van der Waals surface area contributed by atoms with Crippen LogP contribution in [0.15, 0.2) is 28.1 Å². The van der Waals surface area contributed by atoms with E-state index in [0.717, 1.165) is 10.6 Å².